The lowest BCUT2D eigenvalue weighted by Gasteiger charge is -2.23. The minimum Gasteiger partial charge on any atom is -0.314 e. The van der Waals surface area contributed by atoms with E-state index in [1.165, 1.54) is 49.1 Å². The summed E-state index contributed by atoms with van der Waals surface area (Å²) in [5.41, 5.74) is 1.48. The van der Waals surface area contributed by atoms with Gasteiger partial charge in [0.05, 0.1) is 0 Å². The summed E-state index contributed by atoms with van der Waals surface area (Å²) in [6, 6.07) is 9.87. The van der Waals surface area contributed by atoms with E-state index in [0.717, 1.165) is 11.8 Å². The summed E-state index contributed by atoms with van der Waals surface area (Å²) in [5, 5.41) is 3.62. The maximum absolute atomic E-state index is 3.62. The summed E-state index contributed by atoms with van der Waals surface area (Å²) >= 11 is 1.92. The number of rotatable bonds is 5. The summed E-state index contributed by atoms with van der Waals surface area (Å²) in [7, 11) is 0. The number of benzene rings is 1. The Morgan fingerprint density at radius 2 is 2.06 bits per heavy atom. The van der Waals surface area contributed by atoms with Crippen molar-refractivity contribution in [1.82, 2.24) is 5.32 Å². The molecule has 2 heteroatoms. The van der Waals surface area contributed by atoms with Gasteiger partial charge in [-0.25, -0.2) is 0 Å². The molecule has 0 radical (unpaired) electrons. The van der Waals surface area contributed by atoms with Gasteiger partial charge in [0.2, 0.25) is 0 Å². The number of nitrogens with one attached hydrogen (secondary N) is 1. The molecular weight excluding hydrogens is 226 g/mol. The molecule has 1 saturated heterocycles. The van der Waals surface area contributed by atoms with Crippen LogP contribution in [0.15, 0.2) is 29.2 Å². The van der Waals surface area contributed by atoms with Gasteiger partial charge >= 0.3 is 0 Å². The van der Waals surface area contributed by atoms with Crippen LogP contribution in [0.2, 0.25) is 0 Å². The van der Waals surface area contributed by atoms with E-state index in [4.69, 9.17) is 0 Å². The molecule has 0 spiro atoms. The zero-order valence-corrected chi connectivity index (χ0v) is 11.6. The largest absolute Gasteiger partial charge is 0.314 e. The van der Waals surface area contributed by atoms with Crippen LogP contribution in [-0.2, 0) is 6.42 Å². The molecule has 94 valence electrons. The molecule has 1 fully saturated rings. The highest BCUT2D eigenvalue weighted by molar-refractivity contribution is 7.99. The van der Waals surface area contributed by atoms with E-state index < -0.39 is 0 Å². The van der Waals surface area contributed by atoms with Gasteiger partial charge in [-0.3, -0.25) is 0 Å². The average Bonchev–Trinajstić information content (AvgIpc) is 2.40. The Morgan fingerprint density at radius 3 is 2.71 bits per heavy atom. The molecule has 1 heterocycles. The highest BCUT2D eigenvalue weighted by Crippen LogP contribution is 2.19. The molecule has 0 amide bonds. The van der Waals surface area contributed by atoms with Gasteiger partial charge < -0.3 is 5.32 Å². The minimum atomic E-state index is 0.758. The molecule has 2 rings (SSSR count). The third-order valence-electron chi connectivity index (χ3n) is 3.43. The van der Waals surface area contributed by atoms with Crippen LogP contribution in [0.3, 0.4) is 0 Å². The minimum absolute atomic E-state index is 0.758. The van der Waals surface area contributed by atoms with Crippen molar-refractivity contribution in [3.63, 3.8) is 0 Å². The van der Waals surface area contributed by atoms with E-state index in [1.54, 1.807) is 0 Å². The van der Waals surface area contributed by atoms with E-state index in [9.17, 15) is 0 Å². The van der Waals surface area contributed by atoms with Crippen molar-refractivity contribution in [3.8, 4) is 0 Å². The van der Waals surface area contributed by atoms with Crippen molar-refractivity contribution in [2.75, 3.05) is 12.3 Å². The number of hydrogen-bond acceptors (Lipinski definition) is 2. The lowest BCUT2D eigenvalue weighted by molar-refractivity contribution is 0.383. The second-order valence-electron chi connectivity index (χ2n) is 4.76. The monoisotopic (exact) mass is 249 g/mol. The van der Waals surface area contributed by atoms with E-state index in [1.807, 2.05) is 11.8 Å². The predicted molar refractivity (Wildman–Crippen MR) is 76.8 cm³/mol. The lowest BCUT2D eigenvalue weighted by Crippen LogP contribution is -2.34. The summed E-state index contributed by atoms with van der Waals surface area (Å²) in [6.45, 7) is 3.42. The van der Waals surface area contributed by atoms with Crippen LogP contribution >= 0.6 is 11.8 Å². The molecule has 1 aliphatic rings. The van der Waals surface area contributed by atoms with Crippen molar-refractivity contribution in [2.45, 2.75) is 50.0 Å². The van der Waals surface area contributed by atoms with Crippen molar-refractivity contribution in [2.24, 2.45) is 0 Å². The van der Waals surface area contributed by atoms with Crippen LogP contribution in [0, 0.1) is 0 Å². The molecule has 1 aliphatic heterocycles. The SMILES string of the molecule is CCSc1ccc(CCC2CCCCN2)cc1. The fourth-order valence-corrected chi connectivity index (χ4v) is 3.09. The summed E-state index contributed by atoms with van der Waals surface area (Å²) < 4.78 is 0. The number of aryl methyl sites for hydroxylation is 1. The third kappa shape index (κ3) is 4.36. The molecule has 1 nitrogen and oxygen atoms in total. The summed E-state index contributed by atoms with van der Waals surface area (Å²) in [5.74, 6) is 1.16. The van der Waals surface area contributed by atoms with E-state index in [2.05, 4.69) is 36.5 Å². The van der Waals surface area contributed by atoms with E-state index in [0.29, 0.717) is 0 Å². The van der Waals surface area contributed by atoms with Gasteiger partial charge in [-0.2, -0.15) is 0 Å². The van der Waals surface area contributed by atoms with Gasteiger partial charge in [-0.15, -0.1) is 11.8 Å². The van der Waals surface area contributed by atoms with Gasteiger partial charge in [0.15, 0.2) is 0 Å². The Hall–Kier alpha value is -0.470. The lowest BCUT2D eigenvalue weighted by atomic mass is 9.98. The van der Waals surface area contributed by atoms with Gasteiger partial charge in [-0.05, 0) is 55.7 Å². The topological polar surface area (TPSA) is 12.0 Å². The van der Waals surface area contributed by atoms with Gasteiger partial charge in [0.1, 0.15) is 0 Å². The molecule has 1 aromatic rings. The Labute approximate surface area is 109 Å². The highest BCUT2D eigenvalue weighted by atomic mass is 32.2. The standard InChI is InChI=1S/C15H23NS/c1-2-17-15-10-7-13(8-11-15)6-9-14-5-3-4-12-16-14/h7-8,10-11,14,16H,2-6,9,12H2,1H3. The van der Waals surface area contributed by atoms with E-state index >= 15 is 0 Å². The molecule has 1 atom stereocenters. The maximum Gasteiger partial charge on any atom is 0.00720 e. The Bertz CT molecular complexity index is 314. The first-order valence-electron chi connectivity index (χ1n) is 6.83. The maximum atomic E-state index is 3.62. The normalized spacial score (nSPS) is 20.4. The Morgan fingerprint density at radius 1 is 1.24 bits per heavy atom. The zero-order chi connectivity index (χ0) is 11.9. The number of piperidine rings is 1. The van der Waals surface area contributed by atoms with Gasteiger partial charge in [0, 0.05) is 10.9 Å². The number of hydrogen-bond donors (Lipinski definition) is 1. The third-order valence-corrected chi connectivity index (χ3v) is 4.32. The molecule has 1 aromatic carbocycles. The van der Waals surface area contributed by atoms with Crippen LogP contribution in [0.25, 0.3) is 0 Å². The van der Waals surface area contributed by atoms with Crippen LogP contribution in [0.4, 0.5) is 0 Å². The second kappa shape index (κ2) is 7.07. The Kier molecular flexibility index (Phi) is 5.40. The predicted octanol–water partition coefficient (Wildman–Crippen LogP) is 3.87. The second-order valence-corrected chi connectivity index (χ2v) is 6.10. The van der Waals surface area contributed by atoms with Crippen LogP contribution in [0.5, 0.6) is 0 Å². The van der Waals surface area contributed by atoms with Gasteiger partial charge in [0.25, 0.3) is 0 Å². The van der Waals surface area contributed by atoms with Crippen molar-refractivity contribution < 1.29 is 0 Å². The molecular formula is C15H23NS. The smallest absolute Gasteiger partial charge is 0.00720 e. The van der Waals surface area contributed by atoms with Crippen LogP contribution in [0.1, 0.15) is 38.2 Å². The molecule has 1 N–H and O–H groups in total. The summed E-state index contributed by atoms with van der Waals surface area (Å²) in [4.78, 5) is 1.40. The Balaban J connectivity index is 1.77. The van der Waals surface area contributed by atoms with Crippen molar-refractivity contribution in [3.05, 3.63) is 29.8 Å². The van der Waals surface area contributed by atoms with Crippen molar-refractivity contribution >= 4 is 11.8 Å². The van der Waals surface area contributed by atoms with E-state index in [-0.39, 0.29) is 0 Å². The quantitative estimate of drug-likeness (QED) is 0.795. The molecule has 17 heavy (non-hydrogen) atoms. The number of thioether (sulfide) groups is 1. The van der Waals surface area contributed by atoms with Crippen LogP contribution in [-0.4, -0.2) is 18.3 Å². The zero-order valence-electron chi connectivity index (χ0n) is 10.7. The molecule has 0 bridgehead atoms. The average molecular weight is 249 g/mol. The fraction of sp³-hybridized carbons (Fsp3) is 0.600. The first-order valence-corrected chi connectivity index (χ1v) is 7.82. The van der Waals surface area contributed by atoms with Gasteiger partial charge in [-0.1, -0.05) is 25.5 Å². The van der Waals surface area contributed by atoms with Crippen LogP contribution < -0.4 is 5.32 Å². The molecule has 0 aliphatic carbocycles. The highest BCUT2D eigenvalue weighted by Gasteiger charge is 2.11. The van der Waals surface area contributed by atoms with Crippen molar-refractivity contribution in [1.29, 1.82) is 0 Å². The molecule has 0 saturated carbocycles. The first-order chi connectivity index (χ1) is 8.38. The summed E-state index contributed by atoms with van der Waals surface area (Å²) in [6.07, 6.45) is 6.64. The fourth-order valence-electron chi connectivity index (χ4n) is 2.43. The first kappa shape index (κ1) is 13.0. The molecule has 1 unspecified atom stereocenters. The molecule has 0 aromatic heterocycles.